The Hall–Kier alpha value is -1.84. The van der Waals surface area contributed by atoms with E-state index >= 15 is 0 Å². The Morgan fingerprint density at radius 2 is 1.65 bits per heavy atom. The zero-order valence-corrected chi connectivity index (χ0v) is 11.9. The molecule has 0 aromatic heterocycles. The summed E-state index contributed by atoms with van der Waals surface area (Å²) >= 11 is 0. The van der Waals surface area contributed by atoms with E-state index in [0.717, 1.165) is 37.1 Å². The number of carbonyl (C=O) groups excluding carboxylic acids is 2. The number of amides is 1. The van der Waals surface area contributed by atoms with Crippen molar-refractivity contribution in [3.8, 4) is 0 Å². The maximum Gasteiger partial charge on any atom is 0.227 e. The molecule has 108 valence electrons. The molecular formula is C16H22N2O2. The van der Waals surface area contributed by atoms with Gasteiger partial charge in [0.1, 0.15) is 5.78 Å². The highest BCUT2D eigenvalue weighted by molar-refractivity contribution is 5.92. The number of carbonyl (C=O) groups is 2. The van der Waals surface area contributed by atoms with Gasteiger partial charge in [0.05, 0.1) is 6.54 Å². The van der Waals surface area contributed by atoms with E-state index in [1.54, 1.807) is 6.92 Å². The van der Waals surface area contributed by atoms with Gasteiger partial charge in [0.25, 0.3) is 0 Å². The van der Waals surface area contributed by atoms with Gasteiger partial charge < -0.3 is 10.6 Å². The zero-order chi connectivity index (χ0) is 14.4. The van der Waals surface area contributed by atoms with Crippen LogP contribution in [0.5, 0.6) is 0 Å². The van der Waals surface area contributed by atoms with E-state index in [2.05, 4.69) is 10.6 Å². The summed E-state index contributed by atoms with van der Waals surface area (Å²) in [6.45, 7) is 1.87. The van der Waals surface area contributed by atoms with Gasteiger partial charge in [-0.25, -0.2) is 0 Å². The third kappa shape index (κ3) is 4.37. The van der Waals surface area contributed by atoms with E-state index in [4.69, 9.17) is 0 Å². The summed E-state index contributed by atoms with van der Waals surface area (Å²) in [5.41, 5.74) is 1.70. The summed E-state index contributed by atoms with van der Waals surface area (Å²) in [6, 6.07) is 7.48. The number of hydrogen-bond donors (Lipinski definition) is 2. The number of rotatable bonds is 5. The fraction of sp³-hybridized carbons (Fsp3) is 0.500. The molecule has 2 rings (SSSR count). The highest BCUT2D eigenvalue weighted by atomic mass is 16.2. The Morgan fingerprint density at radius 1 is 1.05 bits per heavy atom. The van der Waals surface area contributed by atoms with Crippen molar-refractivity contribution in [3.05, 3.63) is 24.3 Å². The minimum atomic E-state index is 0.0969. The van der Waals surface area contributed by atoms with Crippen molar-refractivity contribution in [1.82, 2.24) is 0 Å². The van der Waals surface area contributed by atoms with Gasteiger partial charge in [0.15, 0.2) is 0 Å². The van der Waals surface area contributed by atoms with E-state index < -0.39 is 0 Å². The van der Waals surface area contributed by atoms with Gasteiger partial charge in [-0.15, -0.1) is 0 Å². The highest BCUT2D eigenvalue weighted by Crippen LogP contribution is 2.25. The van der Waals surface area contributed by atoms with Crippen LogP contribution in [0.3, 0.4) is 0 Å². The molecule has 1 amide bonds. The van der Waals surface area contributed by atoms with Crippen LogP contribution < -0.4 is 10.6 Å². The predicted molar refractivity (Wildman–Crippen MR) is 80.8 cm³/mol. The average molecular weight is 274 g/mol. The van der Waals surface area contributed by atoms with Gasteiger partial charge in [-0.05, 0) is 44.0 Å². The van der Waals surface area contributed by atoms with E-state index in [-0.39, 0.29) is 17.6 Å². The SMILES string of the molecule is CC(=O)CNc1ccc(NC(=O)C2CCCCC2)cc1. The summed E-state index contributed by atoms with van der Waals surface area (Å²) in [6.07, 6.45) is 5.58. The molecule has 0 spiro atoms. The van der Waals surface area contributed by atoms with Gasteiger partial charge >= 0.3 is 0 Å². The van der Waals surface area contributed by atoms with Gasteiger partial charge in [0, 0.05) is 17.3 Å². The van der Waals surface area contributed by atoms with E-state index in [9.17, 15) is 9.59 Å². The van der Waals surface area contributed by atoms with Gasteiger partial charge in [0.2, 0.25) is 5.91 Å². The molecule has 0 atom stereocenters. The second kappa shape index (κ2) is 7.08. The van der Waals surface area contributed by atoms with Crippen LogP contribution >= 0.6 is 0 Å². The topological polar surface area (TPSA) is 58.2 Å². The van der Waals surface area contributed by atoms with Crippen LogP contribution in [-0.2, 0) is 9.59 Å². The van der Waals surface area contributed by atoms with Crippen LogP contribution in [0, 0.1) is 5.92 Å². The summed E-state index contributed by atoms with van der Waals surface area (Å²) in [7, 11) is 0. The molecule has 1 aliphatic rings. The Kier molecular flexibility index (Phi) is 5.16. The lowest BCUT2D eigenvalue weighted by atomic mass is 9.88. The van der Waals surface area contributed by atoms with Gasteiger partial charge in [-0.2, -0.15) is 0 Å². The van der Waals surface area contributed by atoms with Crippen molar-refractivity contribution in [2.45, 2.75) is 39.0 Å². The number of anilines is 2. The molecule has 20 heavy (non-hydrogen) atoms. The average Bonchev–Trinajstić information content (AvgIpc) is 2.47. The van der Waals surface area contributed by atoms with Crippen LogP contribution in [0.1, 0.15) is 39.0 Å². The van der Waals surface area contributed by atoms with Crippen molar-refractivity contribution in [3.63, 3.8) is 0 Å². The van der Waals surface area contributed by atoms with Crippen LogP contribution in [0.4, 0.5) is 11.4 Å². The quantitative estimate of drug-likeness (QED) is 0.866. The summed E-state index contributed by atoms with van der Waals surface area (Å²) in [4.78, 5) is 23.0. The first-order chi connectivity index (χ1) is 9.65. The molecule has 1 aliphatic carbocycles. The molecule has 0 saturated heterocycles. The molecule has 1 saturated carbocycles. The van der Waals surface area contributed by atoms with Gasteiger partial charge in [-0.3, -0.25) is 9.59 Å². The minimum absolute atomic E-state index is 0.0969. The lowest BCUT2D eigenvalue weighted by molar-refractivity contribution is -0.120. The molecule has 0 unspecified atom stereocenters. The molecule has 0 radical (unpaired) electrons. The normalized spacial score (nSPS) is 15.7. The Balaban J connectivity index is 1.86. The van der Waals surface area contributed by atoms with Crippen molar-refractivity contribution in [2.24, 2.45) is 5.92 Å². The minimum Gasteiger partial charge on any atom is -0.378 e. The molecule has 0 aliphatic heterocycles. The largest absolute Gasteiger partial charge is 0.378 e. The maximum atomic E-state index is 12.1. The second-order valence-electron chi connectivity index (χ2n) is 5.46. The summed E-state index contributed by atoms with van der Waals surface area (Å²) in [5.74, 6) is 0.396. The molecule has 0 bridgehead atoms. The smallest absolute Gasteiger partial charge is 0.227 e. The first-order valence-corrected chi connectivity index (χ1v) is 7.29. The molecule has 2 N–H and O–H groups in total. The molecule has 1 aromatic carbocycles. The molecule has 4 heteroatoms. The summed E-state index contributed by atoms with van der Waals surface area (Å²) in [5, 5.41) is 6.00. The van der Waals surface area contributed by atoms with E-state index in [0.29, 0.717) is 6.54 Å². The Labute approximate surface area is 119 Å². The lowest BCUT2D eigenvalue weighted by Crippen LogP contribution is -2.24. The van der Waals surface area contributed by atoms with Crippen LogP contribution in [-0.4, -0.2) is 18.2 Å². The predicted octanol–water partition coefficient (Wildman–Crippen LogP) is 3.21. The first-order valence-electron chi connectivity index (χ1n) is 7.29. The molecule has 4 nitrogen and oxygen atoms in total. The number of ketones is 1. The Bertz CT molecular complexity index is 462. The van der Waals surface area contributed by atoms with Crippen molar-refractivity contribution in [2.75, 3.05) is 17.2 Å². The van der Waals surface area contributed by atoms with Crippen molar-refractivity contribution in [1.29, 1.82) is 0 Å². The fourth-order valence-corrected chi connectivity index (χ4v) is 2.51. The van der Waals surface area contributed by atoms with Crippen molar-refractivity contribution >= 4 is 23.1 Å². The van der Waals surface area contributed by atoms with E-state index in [1.165, 1.54) is 6.42 Å². The monoisotopic (exact) mass is 274 g/mol. The number of hydrogen-bond acceptors (Lipinski definition) is 3. The van der Waals surface area contributed by atoms with Gasteiger partial charge in [-0.1, -0.05) is 19.3 Å². The van der Waals surface area contributed by atoms with Crippen LogP contribution in [0.2, 0.25) is 0 Å². The maximum absolute atomic E-state index is 12.1. The number of nitrogens with one attached hydrogen (secondary N) is 2. The third-order valence-corrected chi connectivity index (χ3v) is 3.67. The molecule has 1 fully saturated rings. The van der Waals surface area contributed by atoms with Crippen LogP contribution in [0.25, 0.3) is 0 Å². The molecular weight excluding hydrogens is 252 g/mol. The van der Waals surface area contributed by atoms with Crippen LogP contribution in [0.15, 0.2) is 24.3 Å². The summed E-state index contributed by atoms with van der Waals surface area (Å²) < 4.78 is 0. The molecule has 1 aromatic rings. The first kappa shape index (κ1) is 14.6. The number of benzene rings is 1. The fourth-order valence-electron chi connectivity index (χ4n) is 2.51. The third-order valence-electron chi connectivity index (χ3n) is 3.67. The second-order valence-corrected chi connectivity index (χ2v) is 5.46. The standard InChI is InChI=1S/C16H22N2O2/c1-12(19)11-17-14-7-9-15(10-8-14)18-16(20)13-5-3-2-4-6-13/h7-10,13,17H,2-6,11H2,1H3,(H,18,20). The van der Waals surface area contributed by atoms with Crippen molar-refractivity contribution < 1.29 is 9.59 Å². The number of Topliss-reactive ketones (excluding diaryl/α,β-unsaturated/α-hetero) is 1. The molecule has 0 heterocycles. The van der Waals surface area contributed by atoms with E-state index in [1.807, 2.05) is 24.3 Å². The lowest BCUT2D eigenvalue weighted by Gasteiger charge is -2.20. The Morgan fingerprint density at radius 3 is 2.25 bits per heavy atom. The zero-order valence-electron chi connectivity index (χ0n) is 11.9. The highest BCUT2D eigenvalue weighted by Gasteiger charge is 2.20.